The van der Waals surface area contributed by atoms with Crippen molar-refractivity contribution >= 4 is 11.0 Å². The maximum atomic E-state index is 12.8. The number of phenolic OH excluding ortho intramolecular Hbond substituents is 2. The van der Waals surface area contributed by atoms with Crippen molar-refractivity contribution in [2.75, 3.05) is 20.8 Å². The Kier molecular flexibility index (Phi) is 6.64. The fraction of sp³-hybridized carbons (Fsp3) is 0.348. The number of aliphatic hydroxyl groups is 3. The van der Waals surface area contributed by atoms with Crippen molar-refractivity contribution in [1.29, 1.82) is 0 Å². The summed E-state index contributed by atoms with van der Waals surface area (Å²) >= 11 is 0. The van der Waals surface area contributed by atoms with Crippen LogP contribution in [0.3, 0.4) is 0 Å². The second kappa shape index (κ2) is 9.49. The maximum Gasteiger partial charge on any atom is 0.229 e. The second-order valence-corrected chi connectivity index (χ2v) is 7.68. The third-order valence-corrected chi connectivity index (χ3v) is 5.60. The van der Waals surface area contributed by atoms with Crippen molar-refractivity contribution in [3.63, 3.8) is 0 Å². The highest BCUT2D eigenvalue weighted by Crippen LogP contribution is 2.43. The zero-order chi connectivity index (χ0) is 24.6. The summed E-state index contributed by atoms with van der Waals surface area (Å²) < 4.78 is 27.4. The summed E-state index contributed by atoms with van der Waals surface area (Å²) in [4.78, 5) is 12.8. The number of fused-ring (bicyclic) bond motifs is 1. The van der Waals surface area contributed by atoms with Crippen LogP contribution in [0.25, 0.3) is 22.3 Å². The minimum Gasteiger partial charge on any atom is -0.508 e. The lowest BCUT2D eigenvalue weighted by Crippen LogP contribution is -2.60. The molecule has 5 unspecified atom stereocenters. The minimum atomic E-state index is -1.58. The molecule has 0 radical (unpaired) electrons. The van der Waals surface area contributed by atoms with Gasteiger partial charge in [0.05, 0.1) is 13.7 Å². The molecule has 0 saturated carbocycles. The van der Waals surface area contributed by atoms with Crippen LogP contribution in [0.5, 0.6) is 23.0 Å². The van der Waals surface area contributed by atoms with Crippen LogP contribution in [0.2, 0.25) is 0 Å². The molecule has 182 valence electrons. The van der Waals surface area contributed by atoms with E-state index in [0.717, 1.165) is 0 Å². The lowest BCUT2D eigenvalue weighted by atomic mass is 9.99. The van der Waals surface area contributed by atoms with E-state index in [2.05, 4.69) is 0 Å². The molecule has 1 aliphatic heterocycles. The van der Waals surface area contributed by atoms with Crippen molar-refractivity contribution in [3.05, 3.63) is 46.6 Å². The summed E-state index contributed by atoms with van der Waals surface area (Å²) in [6, 6.07) is 8.42. The highest BCUT2D eigenvalue weighted by atomic mass is 16.7. The van der Waals surface area contributed by atoms with E-state index < -0.39 is 48.5 Å². The second-order valence-electron chi connectivity index (χ2n) is 7.68. The summed E-state index contributed by atoms with van der Waals surface area (Å²) in [6.07, 6.45) is -6.51. The van der Waals surface area contributed by atoms with Gasteiger partial charge in [-0.15, -0.1) is 0 Å². The van der Waals surface area contributed by atoms with E-state index in [1.807, 2.05) is 0 Å². The molecule has 0 amide bonds. The summed E-state index contributed by atoms with van der Waals surface area (Å²) in [5.41, 5.74) is -0.109. The van der Waals surface area contributed by atoms with E-state index in [1.54, 1.807) is 12.1 Å². The standard InChI is InChI=1S/C23H24O11/c1-30-21-15(33-23-20(29)19(28)22(31-2)16(9-24)34-23)8-14-17(18(21)27)12(26)7-13(32-14)10-3-5-11(25)6-4-10/h3-8,16,19-20,22-25,27-29H,9H2,1-2H3. The van der Waals surface area contributed by atoms with Crippen LogP contribution in [0, 0.1) is 0 Å². The third kappa shape index (κ3) is 4.15. The van der Waals surface area contributed by atoms with Gasteiger partial charge in [-0.25, -0.2) is 0 Å². The molecule has 1 aliphatic rings. The van der Waals surface area contributed by atoms with E-state index in [0.29, 0.717) is 5.56 Å². The average molecular weight is 476 g/mol. The van der Waals surface area contributed by atoms with Gasteiger partial charge in [-0.2, -0.15) is 0 Å². The number of aromatic hydroxyl groups is 2. The quantitative estimate of drug-likeness (QED) is 0.340. The number of ether oxygens (including phenoxy) is 4. The predicted octanol–water partition coefficient (Wildman–Crippen LogP) is 0.713. The first-order valence-corrected chi connectivity index (χ1v) is 10.3. The Balaban J connectivity index is 1.78. The molecular formula is C23H24O11. The Hall–Kier alpha value is -3.35. The number of hydrogen-bond donors (Lipinski definition) is 5. The Labute approximate surface area is 192 Å². The Bertz CT molecular complexity index is 1220. The summed E-state index contributed by atoms with van der Waals surface area (Å²) in [7, 11) is 2.54. The summed E-state index contributed by atoms with van der Waals surface area (Å²) in [5.74, 6) is -0.727. The third-order valence-electron chi connectivity index (χ3n) is 5.60. The van der Waals surface area contributed by atoms with Crippen LogP contribution in [0.4, 0.5) is 0 Å². The minimum absolute atomic E-state index is 0.0371. The first-order valence-electron chi connectivity index (χ1n) is 10.3. The van der Waals surface area contributed by atoms with E-state index in [4.69, 9.17) is 23.4 Å². The van der Waals surface area contributed by atoms with Gasteiger partial charge < -0.3 is 48.9 Å². The normalized spacial score (nSPS) is 24.8. The maximum absolute atomic E-state index is 12.8. The molecule has 34 heavy (non-hydrogen) atoms. The number of benzene rings is 2. The number of aliphatic hydroxyl groups excluding tert-OH is 3. The number of hydrogen-bond acceptors (Lipinski definition) is 11. The van der Waals surface area contributed by atoms with Crippen molar-refractivity contribution in [2.24, 2.45) is 0 Å². The van der Waals surface area contributed by atoms with E-state index >= 15 is 0 Å². The Morgan fingerprint density at radius 1 is 1.03 bits per heavy atom. The highest BCUT2D eigenvalue weighted by Gasteiger charge is 2.46. The van der Waals surface area contributed by atoms with Gasteiger partial charge in [0, 0.05) is 24.8 Å². The smallest absolute Gasteiger partial charge is 0.229 e. The monoisotopic (exact) mass is 476 g/mol. The molecular weight excluding hydrogens is 452 g/mol. The predicted molar refractivity (Wildman–Crippen MR) is 117 cm³/mol. The van der Waals surface area contributed by atoms with Gasteiger partial charge >= 0.3 is 0 Å². The van der Waals surface area contributed by atoms with Gasteiger partial charge in [-0.1, -0.05) is 0 Å². The van der Waals surface area contributed by atoms with E-state index in [1.165, 1.54) is 38.5 Å². The van der Waals surface area contributed by atoms with Gasteiger partial charge in [0.2, 0.25) is 12.0 Å². The molecule has 1 fully saturated rings. The van der Waals surface area contributed by atoms with Crippen LogP contribution in [0.1, 0.15) is 0 Å². The summed E-state index contributed by atoms with van der Waals surface area (Å²) in [6.45, 7) is -0.521. The number of methoxy groups -OCH3 is 2. The molecule has 1 aromatic heterocycles. The lowest BCUT2D eigenvalue weighted by molar-refractivity contribution is -0.282. The Morgan fingerprint density at radius 3 is 2.35 bits per heavy atom. The van der Waals surface area contributed by atoms with E-state index in [9.17, 15) is 30.3 Å². The van der Waals surface area contributed by atoms with Crippen LogP contribution in [0.15, 0.2) is 45.6 Å². The number of phenols is 2. The largest absolute Gasteiger partial charge is 0.508 e. The molecule has 0 bridgehead atoms. The fourth-order valence-corrected chi connectivity index (χ4v) is 3.88. The molecule has 3 aromatic rings. The van der Waals surface area contributed by atoms with Crippen LogP contribution < -0.4 is 14.9 Å². The first kappa shape index (κ1) is 23.8. The van der Waals surface area contributed by atoms with Crippen molar-refractivity contribution < 1.29 is 48.9 Å². The molecule has 4 rings (SSSR count). The molecule has 5 N–H and O–H groups in total. The zero-order valence-corrected chi connectivity index (χ0v) is 18.2. The lowest BCUT2D eigenvalue weighted by Gasteiger charge is -2.41. The fourth-order valence-electron chi connectivity index (χ4n) is 3.88. The van der Waals surface area contributed by atoms with E-state index in [-0.39, 0.29) is 34.0 Å². The van der Waals surface area contributed by atoms with Gasteiger partial charge in [-0.05, 0) is 24.3 Å². The SMILES string of the molecule is COc1c(OC2OC(CO)C(OC)C(O)C2O)cc2oc(-c3ccc(O)cc3)cc(=O)c2c1O. The van der Waals surface area contributed by atoms with Crippen molar-refractivity contribution in [3.8, 4) is 34.3 Å². The molecule has 2 aromatic carbocycles. The van der Waals surface area contributed by atoms with Crippen LogP contribution in [-0.2, 0) is 9.47 Å². The number of rotatable bonds is 6. The van der Waals surface area contributed by atoms with Crippen molar-refractivity contribution in [1.82, 2.24) is 0 Å². The van der Waals surface area contributed by atoms with Gasteiger partial charge in [0.15, 0.2) is 16.9 Å². The Morgan fingerprint density at radius 2 is 1.74 bits per heavy atom. The highest BCUT2D eigenvalue weighted by molar-refractivity contribution is 5.89. The molecule has 0 spiro atoms. The molecule has 11 heteroatoms. The molecule has 1 saturated heterocycles. The van der Waals surface area contributed by atoms with Gasteiger partial charge in [0.1, 0.15) is 46.9 Å². The summed E-state index contributed by atoms with van der Waals surface area (Å²) in [5, 5.41) is 50.4. The topological polar surface area (TPSA) is 168 Å². The molecule has 0 aliphatic carbocycles. The van der Waals surface area contributed by atoms with Crippen LogP contribution >= 0.6 is 0 Å². The van der Waals surface area contributed by atoms with Gasteiger partial charge in [0.25, 0.3) is 0 Å². The first-order chi connectivity index (χ1) is 16.3. The van der Waals surface area contributed by atoms with Crippen LogP contribution in [-0.4, -0.2) is 77.1 Å². The average Bonchev–Trinajstić information content (AvgIpc) is 2.82. The molecule has 2 heterocycles. The van der Waals surface area contributed by atoms with Crippen molar-refractivity contribution in [2.45, 2.75) is 30.7 Å². The molecule has 5 atom stereocenters. The molecule has 11 nitrogen and oxygen atoms in total. The van der Waals surface area contributed by atoms with Gasteiger partial charge in [-0.3, -0.25) is 4.79 Å². The zero-order valence-electron chi connectivity index (χ0n) is 18.2.